The summed E-state index contributed by atoms with van der Waals surface area (Å²) in [5.74, 6) is 0.805. The summed E-state index contributed by atoms with van der Waals surface area (Å²) < 4.78 is 0. The van der Waals surface area contributed by atoms with Crippen molar-refractivity contribution in [3.63, 3.8) is 0 Å². The van der Waals surface area contributed by atoms with E-state index in [4.69, 9.17) is 11.6 Å². The highest BCUT2D eigenvalue weighted by atomic mass is 35.5. The summed E-state index contributed by atoms with van der Waals surface area (Å²) in [6.45, 7) is 5.15. The van der Waals surface area contributed by atoms with Crippen LogP contribution in [0.25, 0.3) is 0 Å². The van der Waals surface area contributed by atoms with Crippen LogP contribution in [0, 0.1) is 0 Å². The maximum Gasteiger partial charge on any atom is 0.171 e. The number of aromatic nitrogens is 2. The summed E-state index contributed by atoms with van der Waals surface area (Å²) in [7, 11) is 2.14. The Morgan fingerprint density at radius 2 is 2.07 bits per heavy atom. The Kier molecular flexibility index (Phi) is 3.07. The van der Waals surface area contributed by atoms with Crippen LogP contribution in [0.5, 0.6) is 0 Å². The molecule has 0 N–H and O–H groups in total. The molecule has 1 aliphatic rings. The van der Waals surface area contributed by atoms with E-state index >= 15 is 0 Å². The number of nitrogens with zero attached hydrogens (tertiary/aromatic N) is 4. The normalized spacial score (nSPS) is 23.1. The van der Waals surface area contributed by atoms with Crippen LogP contribution >= 0.6 is 11.6 Å². The molecule has 0 radical (unpaired) electrons. The first-order valence-electron chi connectivity index (χ1n) is 5.10. The average molecular weight is 227 g/mol. The molecular formula is C10H15ClN4. The Labute approximate surface area is 94.9 Å². The number of likely N-dealkylation sites (N-methyl/N-ethyl adjacent to an activating group) is 1. The Morgan fingerprint density at radius 3 is 2.73 bits per heavy atom. The molecule has 2 rings (SSSR count). The van der Waals surface area contributed by atoms with Gasteiger partial charge in [0, 0.05) is 38.1 Å². The lowest BCUT2D eigenvalue weighted by Crippen LogP contribution is -2.50. The molecule has 0 saturated carbocycles. The fourth-order valence-electron chi connectivity index (χ4n) is 1.77. The highest BCUT2D eigenvalue weighted by molar-refractivity contribution is 6.31. The number of anilines is 1. The average Bonchev–Trinajstić information content (AvgIpc) is 2.23. The third kappa shape index (κ3) is 2.21. The molecule has 5 heteroatoms. The van der Waals surface area contributed by atoms with Gasteiger partial charge in [0.15, 0.2) is 11.0 Å². The maximum absolute atomic E-state index is 6.01. The van der Waals surface area contributed by atoms with Crippen LogP contribution in [0.15, 0.2) is 12.4 Å². The van der Waals surface area contributed by atoms with Gasteiger partial charge in [-0.25, -0.2) is 9.97 Å². The lowest BCUT2D eigenvalue weighted by molar-refractivity contribution is 0.233. The molecule has 4 nitrogen and oxygen atoms in total. The number of rotatable bonds is 1. The monoisotopic (exact) mass is 226 g/mol. The van der Waals surface area contributed by atoms with Gasteiger partial charge >= 0.3 is 0 Å². The molecule has 1 aliphatic heterocycles. The van der Waals surface area contributed by atoms with Crippen LogP contribution in [0.2, 0.25) is 5.15 Å². The summed E-state index contributed by atoms with van der Waals surface area (Å²) >= 11 is 6.01. The van der Waals surface area contributed by atoms with Crippen LogP contribution in [-0.4, -0.2) is 47.6 Å². The molecule has 2 heterocycles. The van der Waals surface area contributed by atoms with E-state index in [1.54, 1.807) is 12.4 Å². The third-order valence-electron chi connectivity index (χ3n) is 2.90. The van der Waals surface area contributed by atoms with Crippen LogP contribution < -0.4 is 4.90 Å². The van der Waals surface area contributed by atoms with Gasteiger partial charge in [-0.15, -0.1) is 0 Å². The number of piperazine rings is 1. The van der Waals surface area contributed by atoms with E-state index in [9.17, 15) is 0 Å². The van der Waals surface area contributed by atoms with Crippen LogP contribution in [0.3, 0.4) is 0 Å². The van der Waals surface area contributed by atoms with Crippen LogP contribution in [-0.2, 0) is 0 Å². The van der Waals surface area contributed by atoms with Gasteiger partial charge in [0.2, 0.25) is 0 Å². The van der Waals surface area contributed by atoms with Crippen molar-refractivity contribution in [3.8, 4) is 0 Å². The van der Waals surface area contributed by atoms with Crippen molar-refractivity contribution in [1.29, 1.82) is 0 Å². The van der Waals surface area contributed by atoms with E-state index in [0.717, 1.165) is 25.5 Å². The molecule has 82 valence electrons. The van der Waals surface area contributed by atoms with Crippen molar-refractivity contribution in [2.45, 2.75) is 13.0 Å². The molecule has 0 aromatic carbocycles. The Morgan fingerprint density at radius 1 is 1.33 bits per heavy atom. The standard InChI is InChI=1S/C10H15ClN4/c1-8-7-15(6-5-14(8)2)10-9(11)12-3-4-13-10/h3-4,8H,5-7H2,1-2H3. The lowest BCUT2D eigenvalue weighted by Gasteiger charge is -2.38. The molecule has 0 bridgehead atoms. The predicted octanol–water partition coefficient (Wildman–Crippen LogP) is 1.27. The zero-order valence-corrected chi connectivity index (χ0v) is 9.78. The summed E-state index contributed by atoms with van der Waals surface area (Å²) in [5.41, 5.74) is 0. The predicted molar refractivity (Wildman–Crippen MR) is 61.3 cm³/mol. The molecule has 1 aromatic rings. The van der Waals surface area contributed by atoms with Crippen LogP contribution in [0.1, 0.15) is 6.92 Å². The van der Waals surface area contributed by atoms with Gasteiger partial charge in [0.25, 0.3) is 0 Å². The Bertz CT molecular complexity index is 344. The first-order valence-corrected chi connectivity index (χ1v) is 5.48. The fourth-order valence-corrected chi connectivity index (χ4v) is 1.99. The maximum atomic E-state index is 6.01. The topological polar surface area (TPSA) is 32.3 Å². The van der Waals surface area contributed by atoms with Crippen molar-refractivity contribution in [2.75, 3.05) is 31.6 Å². The number of hydrogen-bond acceptors (Lipinski definition) is 4. The molecule has 0 spiro atoms. The van der Waals surface area contributed by atoms with Gasteiger partial charge in [-0.05, 0) is 14.0 Å². The third-order valence-corrected chi connectivity index (χ3v) is 3.16. The summed E-state index contributed by atoms with van der Waals surface area (Å²) in [4.78, 5) is 12.8. The molecule has 0 aliphatic carbocycles. The molecule has 1 saturated heterocycles. The second-order valence-electron chi connectivity index (χ2n) is 3.95. The van der Waals surface area contributed by atoms with E-state index < -0.39 is 0 Å². The summed E-state index contributed by atoms with van der Waals surface area (Å²) in [6.07, 6.45) is 3.30. The number of hydrogen-bond donors (Lipinski definition) is 0. The smallest absolute Gasteiger partial charge is 0.171 e. The highest BCUT2D eigenvalue weighted by Crippen LogP contribution is 2.22. The highest BCUT2D eigenvalue weighted by Gasteiger charge is 2.23. The molecule has 1 atom stereocenters. The van der Waals surface area contributed by atoms with Crippen molar-refractivity contribution in [3.05, 3.63) is 17.5 Å². The minimum Gasteiger partial charge on any atom is -0.351 e. The fraction of sp³-hybridized carbons (Fsp3) is 0.600. The zero-order chi connectivity index (χ0) is 10.8. The summed E-state index contributed by atoms with van der Waals surface area (Å²) in [6, 6.07) is 0.525. The quantitative estimate of drug-likeness (QED) is 0.722. The van der Waals surface area contributed by atoms with E-state index in [0.29, 0.717) is 11.2 Å². The first kappa shape index (κ1) is 10.6. The molecule has 15 heavy (non-hydrogen) atoms. The minimum atomic E-state index is 0.495. The van der Waals surface area contributed by atoms with Crippen molar-refractivity contribution in [1.82, 2.24) is 14.9 Å². The summed E-state index contributed by atoms with van der Waals surface area (Å²) in [5, 5.41) is 0.495. The zero-order valence-electron chi connectivity index (χ0n) is 9.02. The van der Waals surface area contributed by atoms with Crippen molar-refractivity contribution >= 4 is 17.4 Å². The van der Waals surface area contributed by atoms with Gasteiger partial charge in [-0.1, -0.05) is 11.6 Å². The van der Waals surface area contributed by atoms with E-state index in [1.807, 2.05) is 0 Å². The largest absolute Gasteiger partial charge is 0.351 e. The SMILES string of the molecule is CC1CN(c2nccnc2Cl)CCN1C. The Hall–Kier alpha value is -0.870. The van der Waals surface area contributed by atoms with Gasteiger partial charge in [0.05, 0.1) is 0 Å². The minimum absolute atomic E-state index is 0.495. The second-order valence-corrected chi connectivity index (χ2v) is 4.30. The van der Waals surface area contributed by atoms with Gasteiger partial charge < -0.3 is 9.80 Å². The molecule has 0 amide bonds. The van der Waals surface area contributed by atoms with Gasteiger partial charge in [0.1, 0.15) is 0 Å². The van der Waals surface area contributed by atoms with Gasteiger partial charge in [-0.2, -0.15) is 0 Å². The molecule has 1 unspecified atom stereocenters. The second kappa shape index (κ2) is 4.33. The lowest BCUT2D eigenvalue weighted by atomic mass is 10.2. The first-order chi connectivity index (χ1) is 7.18. The van der Waals surface area contributed by atoms with Gasteiger partial charge in [-0.3, -0.25) is 0 Å². The Balaban J connectivity index is 2.15. The van der Waals surface area contributed by atoms with E-state index in [2.05, 4.69) is 33.7 Å². The van der Waals surface area contributed by atoms with E-state index in [-0.39, 0.29) is 0 Å². The van der Waals surface area contributed by atoms with Crippen LogP contribution in [0.4, 0.5) is 5.82 Å². The molecule has 1 fully saturated rings. The van der Waals surface area contributed by atoms with Crippen molar-refractivity contribution in [2.24, 2.45) is 0 Å². The van der Waals surface area contributed by atoms with Crippen molar-refractivity contribution < 1.29 is 0 Å². The van der Waals surface area contributed by atoms with E-state index in [1.165, 1.54) is 0 Å². The number of halogens is 1. The molecule has 1 aromatic heterocycles. The molecular weight excluding hydrogens is 212 g/mol.